The van der Waals surface area contributed by atoms with E-state index in [0.717, 1.165) is 34.9 Å². The summed E-state index contributed by atoms with van der Waals surface area (Å²) in [5.41, 5.74) is 8.01. The van der Waals surface area contributed by atoms with Gasteiger partial charge in [-0.2, -0.15) is 0 Å². The first-order chi connectivity index (χ1) is 14.6. The van der Waals surface area contributed by atoms with Gasteiger partial charge in [0.15, 0.2) is 0 Å². The minimum atomic E-state index is -0.381. The number of benzene rings is 1. The van der Waals surface area contributed by atoms with Crippen molar-refractivity contribution in [3.8, 4) is 0 Å². The molecule has 2 aliphatic heterocycles. The third-order valence-electron chi connectivity index (χ3n) is 6.07. The van der Waals surface area contributed by atoms with Gasteiger partial charge in [0.25, 0.3) is 0 Å². The summed E-state index contributed by atoms with van der Waals surface area (Å²) in [7, 11) is 1.78. The molecule has 2 atom stereocenters. The molecule has 1 amide bonds. The maximum atomic E-state index is 11.7. The number of pyridine rings is 1. The molecule has 0 radical (unpaired) electrons. The number of allylic oxidation sites excluding steroid dienone is 3. The average Bonchev–Trinajstić information content (AvgIpc) is 3.17. The van der Waals surface area contributed by atoms with Crippen molar-refractivity contribution in [2.24, 2.45) is 10.9 Å². The Labute approximate surface area is 175 Å². The number of aliphatic imine (C=N–C) groups is 1. The number of nitrogens with zero attached hydrogens (tertiary/aromatic N) is 4. The second kappa shape index (κ2) is 7.07. The predicted molar refractivity (Wildman–Crippen MR) is 119 cm³/mol. The van der Waals surface area contributed by atoms with E-state index in [1.54, 1.807) is 25.1 Å². The van der Waals surface area contributed by atoms with Gasteiger partial charge in [0.05, 0.1) is 17.1 Å². The highest BCUT2D eigenvalue weighted by atomic mass is 16.2. The van der Waals surface area contributed by atoms with Crippen molar-refractivity contribution in [2.45, 2.75) is 12.5 Å². The van der Waals surface area contributed by atoms with Crippen LogP contribution in [-0.4, -0.2) is 35.7 Å². The van der Waals surface area contributed by atoms with E-state index >= 15 is 0 Å². The smallest absolute Gasteiger partial charge is 0.223 e. The van der Waals surface area contributed by atoms with Crippen molar-refractivity contribution in [3.63, 3.8) is 0 Å². The molecule has 2 aromatic rings. The number of nitrogens with one attached hydrogen (secondary N) is 1. The molecule has 3 aliphatic rings. The van der Waals surface area contributed by atoms with Crippen LogP contribution in [0.3, 0.4) is 0 Å². The molecule has 2 unspecified atom stereocenters. The molecule has 3 heterocycles. The Balaban J connectivity index is 1.52. The van der Waals surface area contributed by atoms with Gasteiger partial charge < -0.3 is 4.90 Å². The van der Waals surface area contributed by atoms with Gasteiger partial charge in [0.2, 0.25) is 5.91 Å². The lowest BCUT2D eigenvalue weighted by Gasteiger charge is -2.42. The highest BCUT2D eigenvalue weighted by Gasteiger charge is 2.51. The van der Waals surface area contributed by atoms with Crippen molar-refractivity contribution in [3.05, 3.63) is 90.4 Å². The van der Waals surface area contributed by atoms with Crippen LogP contribution < -0.4 is 15.3 Å². The lowest BCUT2D eigenvalue weighted by Crippen LogP contribution is -2.52. The molecule has 1 spiro atoms. The average molecular weight is 397 g/mol. The van der Waals surface area contributed by atoms with Crippen molar-refractivity contribution in [1.82, 2.24) is 10.4 Å². The van der Waals surface area contributed by atoms with E-state index in [1.807, 2.05) is 42.6 Å². The van der Waals surface area contributed by atoms with Gasteiger partial charge in [-0.05, 0) is 54.6 Å². The molecular weight excluding hydrogens is 374 g/mol. The van der Waals surface area contributed by atoms with Gasteiger partial charge in [-0.15, -0.1) is 0 Å². The number of hydrazine groups is 1. The summed E-state index contributed by atoms with van der Waals surface area (Å²) >= 11 is 0. The largest absolute Gasteiger partial charge is 0.316 e. The number of carbonyl (C=O) groups excluding carboxylic acids is 1. The fraction of sp³-hybridized carbons (Fsp3) is 0.208. The fourth-order valence-corrected chi connectivity index (χ4v) is 4.35. The van der Waals surface area contributed by atoms with Gasteiger partial charge in [0.1, 0.15) is 5.54 Å². The summed E-state index contributed by atoms with van der Waals surface area (Å²) in [6.07, 6.45) is 14.4. The van der Waals surface area contributed by atoms with Gasteiger partial charge in [-0.1, -0.05) is 12.2 Å². The Morgan fingerprint density at radius 1 is 1.27 bits per heavy atom. The number of anilines is 2. The number of aromatic nitrogens is 1. The normalized spacial score (nSPS) is 24.1. The zero-order valence-corrected chi connectivity index (χ0v) is 17.0. The van der Waals surface area contributed by atoms with Gasteiger partial charge in [0, 0.05) is 50.1 Å². The summed E-state index contributed by atoms with van der Waals surface area (Å²) in [6.45, 7) is 2.39. The first kappa shape index (κ1) is 18.5. The second-order valence-electron chi connectivity index (χ2n) is 7.73. The molecule has 1 aromatic heterocycles. The molecule has 0 saturated carbocycles. The number of amides is 1. The molecule has 6 heteroatoms. The second-order valence-corrected chi connectivity index (χ2v) is 7.73. The highest BCUT2D eigenvalue weighted by Crippen LogP contribution is 2.45. The quantitative estimate of drug-likeness (QED) is 0.864. The molecule has 1 fully saturated rings. The van der Waals surface area contributed by atoms with E-state index in [9.17, 15) is 4.79 Å². The molecule has 1 aliphatic carbocycles. The molecule has 5 rings (SSSR count). The number of hydrogen-bond acceptors (Lipinski definition) is 5. The maximum Gasteiger partial charge on any atom is 0.223 e. The maximum absolute atomic E-state index is 11.7. The van der Waals surface area contributed by atoms with Gasteiger partial charge >= 0.3 is 0 Å². The monoisotopic (exact) mass is 397 g/mol. The lowest BCUT2D eigenvalue weighted by atomic mass is 9.76. The molecule has 6 nitrogen and oxygen atoms in total. The summed E-state index contributed by atoms with van der Waals surface area (Å²) in [5.74, 6) is 0.281. The number of dihydropyridines is 1. The zero-order chi connectivity index (χ0) is 20.7. The van der Waals surface area contributed by atoms with Crippen LogP contribution in [0.4, 0.5) is 11.4 Å². The number of rotatable bonds is 3. The summed E-state index contributed by atoms with van der Waals surface area (Å²) in [6, 6.07) is 12.0. The van der Waals surface area contributed by atoms with E-state index in [2.05, 4.69) is 45.8 Å². The Morgan fingerprint density at radius 3 is 2.83 bits per heavy atom. The lowest BCUT2D eigenvalue weighted by molar-refractivity contribution is -0.116. The topological polar surface area (TPSA) is 60.8 Å². The molecule has 1 N–H and O–H groups in total. The summed E-state index contributed by atoms with van der Waals surface area (Å²) in [4.78, 5) is 22.6. The Kier molecular flexibility index (Phi) is 4.37. The summed E-state index contributed by atoms with van der Waals surface area (Å²) < 4.78 is 0. The highest BCUT2D eigenvalue weighted by molar-refractivity contribution is 6.10. The van der Waals surface area contributed by atoms with Crippen LogP contribution in [0, 0.1) is 5.92 Å². The molecule has 150 valence electrons. The van der Waals surface area contributed by atoms with E-state index < -0.39 is 0 Å². The van der Waals surface area contributed by atoms with Crippen LogP contribution in [0.5, 0.6) is 0 Å². The van der Waals surface area contributed by atoms with Crippen molar-refractivity contribution < 1.29 is 4.79 Å². The Morgan fingerprint density at radius 2 is 2.10 bits per heavy atom. The molecule has 1 aromatic carbocycles. The molecule has 30 heavy (non-hydrogen) atoms. The number of hydrogen-bond donors (Lipinski definition) is 1. The van der Waals surface area contributed by atoms with E-state index in [0.29, 0.717) is 0 Å². The minimum absolute atomic E-state index is 0.0100. The molecule has 1 saturated heterocycles. The van der Waals surface area contributed by atoms with Crippen molar-refractivity contribution in [2.75, 3.05) is 23.5 Å². The van der Waals surface area contributed by atoms with Crippen LogP contribution in [0.15, 0.2) is 89.9 Å². The van der Waals surface area contributed by atoms with Crippen LogP contribution in [0.2, 0.25) is 0 Å². The fourth-order valence-electron chi connectivity index (χ4n) is 4.35. The first-order valence-electron chi connectivity index (χ1n) is 10.0. The van der Waals surface area contributed by atoms with Gasteiger partial charge in [-0.3, -0.25) is 14.8 Å². The van der Waals surface area contributed by atoms with Crippen molar-refractivity contribution in [1.29, 1.82) is 0 Å². The minimum Gasteiger partial charge on any atom is -0.316 e. The van der Waals surface area contributed by atoms with Crippen LogP contribution in [-0.2, 0) is 4.79 Å². The van der Waals surface area contributed by atoms with Gasteiger partial charge in [-0.25, -0.2) is 10.4 Å². The van der Waals surface area contributed by atoms with Crippen LogP contribution in [0.25, 0.3) is 0 Å². The molecule has 0 bridgehead atoms. The first-order valence-corrected chi connectivity index (χ1v) is 10.0. The van der Waals surface area contributed by atoms with Crippen LogP contribution >= 0.6 is 0 Å². The SMILES string of the molecule is CC(=O)N(C)c1ccc(N2NCC3C=CC=C4N=C(c5cccnc5)C=CC432)cc1. The Bertz CT molecular complexity index is 1100. The zero-order valence-electron chi connectivity index (χ0n) is 17.0. The predicted octanol–water partition coefficient (Wildman–Crippen LogP) is 3.26. The van der Waals surface area contributed by atoms with E-state index in [-0.39, 0.29) is 17.4 Å². The third kappa shape index (κ3) is 2.80. The number of carbonyl (C=O) groups is 1. The Hall–Kier alpha value is -3.51. The van der Waals surface area contributed by atoms with E-state index in [1.165, 1.54) is 0 Å². The van der Waals surface area contributed by atoms with E-state index in [4.69, 9.17) is 4.99 Å². The van der Waals surface area contributed by atoms with Crippen molar-refractivity contribution >= 4 is 23.0 Å². The third-order valence-corrected chi connectivity index (χ3v) is 6.07. The summed E-state index contributed by atoms with van der Waals surface area (Å²) in [5, 5.41) is 2.20. The standard InChI is InChI=1S/C24H23N5O/c1-17(30)28(2)20-8-10-21(11-9-20)29-24-13-12-22(18-5-4-14-25-15-18)27-23(24)7-3-6-19(24)16-26-29/h3-15,19,26H,16H2,1-2H3. The molecular formula is C24H23N5O. The van der Waals surface area contributed by atoms with Crippen LogP contribution in [0.1, 0.15) is 12.5 Å².